The fourth-order valence-electron chi connectivity index (χ4n) is 2.43. The second kappa shape index (κ2) is 7.83. The van der Waals surface area contributed by atoms with Crippen molar-refractivity contribution in [2.75, 3.05) is 6.61 Å². The minimum absolute atomic E-state index is 0.0994. The summed E-state index contributed by atoms with van der Waals surface area (Å²) in [6.07, 6.45) is 1.89. The van der Waals surface area contributed by atoms with Crippen LogP contribution in [0.15, 0.2) is 54.6 Å². The van der Waals surface area contributed by atoms with Gasteiger partial charge in [0.2, 0.25) is 0 Å². The van der Waals surface area contributed by atoms with Crippen LogP contribution in [0.4, 0.5) is 0 Å². The Labute approximate surface area is 121 Å². The molecule has 2 N–H and O–H groups in total. The van der Waals surface area contributed by atoms with E-state index in [1.54, 1.807) is 0 Å². The Morgan fingerprint density at radius 2 is 1.60 bits per heavy atom. The van der Waals surface area contributed by atoms with Gasteiger partial charge in [0.05, 0.1) is 6.61 Å². The zero-order chi connectivity index (χ0) is 14.2. The lowest BCUT2D eigenvalue weighted by Crippen LogP contribution is -2.34. The molecule has 2 rings (SSSR count). The monoisotopic (exact) mass is 269 g/mol. The summed E-state index contributed by atoms with van der Waals surface area (Å²) in [5.74, 6) is 0. The smallest absolute Gasteiger partial charge is 0.0587 e. The van der Waals surface area contributed by atoms with E-state index in [2.05, 4.69) is 48.6 Å². The predicted molar refractivity (Wildman–Crippen MR) is 83.7 cm³/mol. The number of hydrogen-bond donors (Lipinski definition) is 2. The maximum absolute atomic E-state index is 9.53. The van der Waals surface area contributed by atoms with Gasteiger partial charge in [-0.3, -0.25) is 0 Å². The van der Waals surface area contributed by atoms with Crippen LogP contribution in [0.3, 0.4) is 0 Å². The summed E-state index contributed by atoms with van der Waals surface area (Å²) in [6.45, 7) is 3.14. The topological polar surface area (TPSA) is 32.3 Å². The van der Waals surface area contributed by atoms with E-state index in [1.807, 2.05) is 18.2 Å². The molecule has 0 aromatic heterocycles. The van der Waals surface area contributed by atoms with Gasteiger partial charge in [-0.15, -0.1) is 0 Å². The van der Waals surface area contributed by atoms with Crippen LogP contribution >= 0.6 is 0 Å². The molecule has 0 saturated carbocycles. The second-order valence-electron chi connectivity index (χ2n) is 5.07. The fourth-order valence-corrected chi connectivity index (χ4v) is 2.43. The third-order valence-corrected chi connectivity index (χ3v) is 3.63. The van der Waals surface area contributed by atoms with Gasteiger partial charge in [0.15, 0.2) is 0 Å². The van der Waals surface area contributed by atoms with Crippen LogP contribution in [-0.2, 0) is 19.4 Å². The predicted octanol–water partition coefficient (Wildman–Crippen LogP) is 2.94. The number of rotatable bonds is 7. The van der Waals surface area contributed by atoms with E-state index in [1.165, 1.54) is 16.7 Å². The molecule has 0 aliphatic rings. The van der Waals surface area contributed by atoms with Gasteiger partial charge in [0.25, 0.3) is 0 Å². The molecular weight excluding hydrogens is 246 g/mol. The number of aryl methyl sites for hydroxylation is 1. The Morgan fingerprint density at radius 1 is 0.950 bits per heavy atom. The fraction of sp³-hybridized carbons (Fsp3) is 0.333. The summed E-state index contributed by atoms with van der Waals surface area (Å²) in [5.41, 5.74) is 3.95. The normalized spacial score (nSPS) is 12.3. The Bertz CT molecular complexity index is 510. The van der Waals surface area contributed by atoms with Crippen molar-refractivity contribution >= 4 is 0 Å². The molecule has 20 heavy (non-hydrogen) atoms. The van der Waals surface area contributed by atoms with E-state index >= 15 is 0 Å². The zero-order valence-corrected chi connectivity index (χ0v) is 12.0. The molecule has 106 valence electrons. The van der Waals surface area contributed by atoms with Crippen LogP contribution in [0.5, 0.6) is 0 Å². The first-order valence-corrected chi connectivity index (χ1v) is 7.28. The van der Waals surface area contributed by atoms with Gasteiger partial charge in [-0.2, -0.15) is 0 Å². The van der Waals surface area contributed by atoms with E-state index in [4.69, 9.17) is 0 Å². The molecule has 0 fully saturated rings. The van der Waals surface area contributed by atoms with Crippen molar-refractivity contribution in [3.05, 3.63) is 71.3 Å². The summed E-state index contributed by atoms with van der Waals surface area (Å²) in [6, 6.07) is 18.9. The molecular formula is C18H23NO. The maximum atomic E-state index is 9.53. The van der Waals surface area contributed by atoms with Crippen molar-refractivity contribution < 1.29 is 5.11 Å². The lowest BCUT2D eigenvalue weighted by molar-refractivity contribution is 0.240. The van der Waals surface area contributed by atoms with E-state index in [0.29, 0.717) is 0 Å². The molecule has 1 atom stereocenters. The van der Waals surface area contributed by atoms with Crippen molar-refractivity contribution in [1.82, 2.24) is 5.32 Å². The highest BCUT2D eigenvalue weighted by molar-refractivity contribution is 5.27. The number of hydrogen-bond acceptors (Lipinski definition) is 2. The van der Waals surface area contributed by atoms with Crippen molar-refractivity contribution in [1.29, 1.82) is 0 Å². The highest BCUT2D eigenvalue weighted by Crippen LogP contribution is 2.10. The summed E-state index contributed by atoms with van der Waals surface area (Å²) in [5, 5.41) is 13.0. The SMILES string of the molecule is CCc1ccccc1CN[C@H](CO)Cc1ccccc1. The van der Waals surface area contributed by atoms with Crippen LogP contribution in [0, 0.1) is 0 Å². The average Bonchev–Trinajstić information content (AvgIpc) is 2.52. The highest BCUT2D eigenvalue weighted by Gasteiger charge is 2.08. The quantitative estimate of drug-likeness (QED) is 0.810. The Hall–Kier alpha value is -1.64. The van der Waals surface area contributed by atoms with Gasteiger partial charge in [-0.1, -0.05) is 61.5 Å². The van der Waals surface area contributed by atoms with Crippen molar-refractivity contribution in [2.45, 2.75) is 32.4 Å². The van der Waals surface area contributed by atoms with Gasteiger partial charge in [-0.25, -0.2) is 0 Å². The third-order valence-electron chi connectivity index (χ3n) is 3.63. The number of benzene rings is 2. The van der Waals surface area contributed by atoms with Gasteiger partial charge in [0, 0.05) is 12.6 Å². The molecule has 0 heterocycles. The first-order valence-electron chi connectivity index (χ1n) is 7.28. The van der Waals surface area contributed by atoms with Crippen LogP contribution in [-0.4, -0.2) is 17.8 Å². The molecule has 0 aliphatic carbocycles. The number of aliphatic hydroxyl groups excluding tert-OH is 1. The standard InChI is InChI=1S/C18H23NO/c1-2-16-10-6-7-11-17(16)13-19-18(14-20)12-15-8-4-3-5-9-15/h3-11,18-20H,2,12-14H2,1H3/t18-/m0/s1. The van der Waals surface area contributed by atoms with Crippen molar-refractivity contribution in [3.8, 4) is 0 Å². The molecule has 0 aliphatic heterocycles. The Balaban J connectivity index is 1.94. The zero-order valence-electron chi connectivity index (χ0n) is 12.0. The van der Waals surface area contributed by atoms with Gasteiger partial charge in [0.1, 0.15) is 0 Å². The summed E-state index contributed by atoms with van der Waals surface area (Å²) in [4.78, 5) is 0. The number of aliphatic hydroxyl groups is 1. The lowest BCUT2D eigenvalue weighted by Gasteiger charge is -2.17. The van der Waals surface area contributed by atoms with Crippen LogP contribution in [0.25, 0.3) is 0 Å². The summed E-state index contributed by atoms with van der Waals surface area (Å²) < 4.78 is 0. The lowest BCUT2D eigenvalue weighted by atomic mass is 10.0. The summed E-state index contributed by atoms with van der Waals surface area (Å²) >= 11 is 0. The van der Waals surface area contributed by atoms with E-state index < -0.39 is 0 Å². The van der Waals surface area contributed by atoms with Crippen LogP contribution in [0.2, 0.25) is 0 Å². The van der Waals surface area contributed by atoms with Crippen molar-refractivity contribution in [2.24, 2.45) is 0 Å². The first-order chi connectivity index (χ1) is 9.83. The maximum Gasteiger partial charge on any atom is 0.0587 e. The van der Waals surface area contributed by atoms with E-state index in [-0.39, 0.29) is 12.6 Å². The Kier molecular flexibility index (Phi) is 5.78. The van der Waals surface area contributed by atoms with Gasteiger partial charge >= 0.3 is 0 Å². The average molecular weight is 269 g/mol. The molecule has 0 saturated heterocycles. The molecule has 2 nitrogen and oxygen atoms in total. The minimum atomic E-state index is 0.0994. The minimum Gasteiger partial charge on any atom is -0.395 e. The Morgan fingerprint density at radius 3 is 2.25 bits per heavy atom. The highest BCUT2D eigenvalue weighted by atomic mass is 16.3. The largest absolute Gasteiger partial charge is 0.395 e. The third kappa shape index (κ3) is 4.19. The molecule has 2 aromatic carbocycles. The van der Waals surface area contributed by atoms with Crippen LogP contribution < -0.4 is 5.32 Å². The van der Waals surface area contributed by atoms with Gasteiger partial charge in [-0.05, 0) is 29.5 Å². The molecule has 2 aromatic rings. The number of nitrogens with one attached hydrogen (secondary N) is 1. The van der Waals surface area contributed by atoms with Gasteiger partial charge < -0.3 is 10.4 Å². The molecule has 0 bridgehead atoms. The van der Waals surface area contributed by atoms with E-state index in [0.717, 1.165) is 19.4 Å². The molecule has 0 radical (unpaired) electrons. The van der Waals surface area contributed by atoms with E-state index in [9.17, 15) is 5.11 Å². The first kappa shape index (κ1) is 14.8. The molecule has 2 heteroatoms. The molecule has 0 spiro atoms. The second-order valence-corrected chi connectivity index (χ2v) is 5.07. The van der Waals surface area contributed by atoms with Crippen LogP contribution in [0.1, 0.15) is 23.6 Å². The summed E-state index contributed by atoms with van der Waals surface area (Å²) in [7, 11) is 0. The molecule has 0 unspecified atom stereocenters. The van der Waals surface area contributed by atoms with Crippen molar-refractivity contribution in [3.63, 3.8) is 0 Å². The molecule has 0 amide bonds.